The van der Waals surface area contributed by atoms with Crippen LogP contribution >= 0.6 is 11.3 Å². The Morgan fingerprint density at radius 3 is 2.84 bits per heavy atom. The molecule has 0 aliphatic heterocycles. The topological polar surface area (TPSA) is 137 Å². The van der Waals surface area contributed by atoms with Gasteiger partial charge in [-0.3, -0.25) is 24.3 Å². The molecule has 0 spiro atoms. The zero-order valence-electron chi connectivity index (χ0n) is 12.7. The fourth-order valence-corrected chi connectivity index (χ4v) is 2.88. The molecule has 128 valence electrons. The third-order valence-electron chi connectivity index (χ3n) is 3.28. The first-order valence-electron chi connectivity index (χ1n) is 6.89. The molecule has 0 aliphatic carbocycles. The molecule has 0 atom stereocenters. The fraction of sp³-hybridized carbons (Fsp3) is 0.143. The third kappa shape index (κ3) is 3.30. The van der Waals surface area contributed by atoms with Gasteiger partial charge in [0.1, 0.15) is 12.2 Å². The minimum atomic E-state index is -0.811. The summed E-state index contributed by atoms with van der Waals surface area (Å²) in [6.45, 7) is 0.996. The average Bonchev–Trinajstić information content (AvgIpc) is 3.12. The second-order valence-electron chi connectivity index (χ2n) is 5.01. The molecule has 0 saturated carbocycles. The highest BCUT2D eigenvalue weighted by Gasteiger charge is 2.17. The number of anilines is 1. The molecule has 0 saturated heterocycles. The molecule has 0 fully saturated rings. The lowest BCUT2D eigenvalue weighted by Gasteiger charge is -2.02. The van der Waals surface area contributed by atoms with Crippen LogP contribution in [0.2, 0.25) is 0 Å². The van der Waals surface area contributed by atoms with Crippen LogP contribution in [0.1, 0.15) is 17.4 Å². The number of carbonyl (C=O) groups excluding carboxylic acids is 2. The van der Waals surface area contributed by atoms with Crippen molar-refractivity contribution in [2.24, 2.45) is 0 Å². The highest BCUT2D eigenvalue weighted by molar-refractivity contribution is 7.14. The largest absolute Gasteiger partial charge is 0.420 e. The molecule has 0 radical (unpaired) electrons. The lowest BCUT2D eigenvalue weighted by Crippen LogP contribution is -2.24. The lowest BCUT2D eigenvalue weighted by atomic mass is 10.3. The number of non-ortho nitro benzene ring substituents is 1. The smallest absolute Gasteiger partial charge is 0.407 e. The Hall–Kier alpha value is -3.34. The Balaban J connectivity index is 1.83. The fourth-order valence-electron chi connectivity index (χ4n) is 2.11. The second-order valence-corrected chi connectivity index (χ2v) is 5.86. The van der Waals surface area contributed by atoms with Crippen LogP contribution in [0.3, 0.4) is 0 Å². The zero-order valence-corrected chi connectivity index (χ0v) is 13.5. The number of aromatic nitrogens is 2. The maximum absolute atomic E-state index is 12.1. The summed E-state index contributed by atoms with van der Waals surface area (Å²) in [5.41, 5.74) is 0.283. The molecule has 10 nitrogen and oxygen atoms in total. The van der Waals surface area contributed by atoms with Gasteiger partial charge in [-0.25, -0.2) is 9.78 Å². The van der Waals surface area contributed by atoms with Crippen molar-refractivity contribution in [3.8, 4) is 0 Å². The minimum Gasteiger partial charge on any atom is -0.407 e. The number of rotatable bonds is 5. The number of amides is 1. The molecule has 1 N–H and O–H groups in total. The summed E-state index contributed by atoms with van der Waals surface area (Å²) < 4.78 is 5.99. The van der Waals surface area contributed by atoms with E-state index in [1.165, 1.54) is 24.4 Å². The quantitative estimate of drug-likeness (QED) is 0.415. The molecule has 2 aromatic heterocycles. The molecule has 0 aliphatic rings. The van der Waals surface area contributed by atoms with E-state index in [-0.39, 0.29) is 39.9 Å². The standard InChI is InChI=1S/C14H10N4O6S/c1-7(19)9-6-25-13(15-9)16-12(20)5-17-10-3-2-8(18(22)23)4-11(10)24-14(17)21/h2-4,6H,5H2,1H3,(H,15,16,20). The predicted molar refractivity (Wildman–Crippen MR) is 87.9 cm³/mol. The Labute approximate surface area is 142 Å². The summed E-state index contributed by atoms with van der Waals surface area (Å²) in [5.74, 6) is -1.59. The molecular weight excluding hydrogens is 352 g/mol. The maximum atomic E-state index is 12.1. The van der Waals surface area contributed by atoms with Gasteiger partial charge >= 0.3 is 5.76 Å². The summed E-state index contributed by atoms with van der Waals surface area (Å²) in [7, 11) is 0. The molecule has 25 heavy (non-hydrogen) atoms. The number of nitro benzene ring substituents is 1. The molecule has 0 bridgehead atoms. The van der Waals surface area contributed by atoms with Crippen molar-refractivity contribution >= 4 is 44.9 Å². The first-order valence-corrected chi connectivity index (χ1v) is 7.77. The lowest BCUT2D eigenvalue weighted by molar-refractivity contribution is -0.384. The zero-order chi connectivity index (χ0) is 18.1. The van der Waals surface area contributed by atoms with Crippen LogP contribution in [0, 0.1) is 10.1 Å². The van der Waals surface area contributed by atoms with E-state index in [9.17, 15) is 24.5 Å². The first-order chi connectivity index (χ1) is 11.8. The van der Waals surface area contributed by atoms with Crippen molar-refractivity contribution in [1.82, 2.24) is 9.55 Å². The van der Waals surface area contributed by atoms with E-state index >= 15 is 0 Å². The van der Waals surface area contributed by atoms with Crippen LogP contribution in [-0.2, 0) is 11.3 Å². The van der Waals surface area contributed by atoms with Crippen LogP contribution in [0.5, 0.6) is 0 Å². The Morgan fingerprint density at radius 2 is 2.20 bits per heavy atom. The van der Waals surface area contributed by atoms with Crippen molar-refractivity contribution in [3.63, 3.8) is 0 Å². The van der Waals surface area contributed by atoms with E-state index in [1.807, 2.05) is 0 Å². The van der Waals surface area contributed by atoms with Gasteiger partial charge in [0.15, 0.2) is 16.5 Å². The molecular formula is C14H10N4O6S. The number of nitrogens with one attached hydrogen (secondary N) is 1. The number of nitrogens with zero attached hydrogens (tertiary/aromatic N) is 3. The van der Waals surface area contributed by atoms with Gasteiger partial charge in [0.2, 0.25) is 5.91 Å². The maximum Gasteiger partial charge on any atom is 0.420 e. The van der Waals surface area contributed by atoms with Crippen LogP contribution in [0.4, 0.5) is 10.8 Å². The third-order valence-corrected chi connectivity index (χ3v) is 4.03. The number of fused-ring (bicyclic) bond motifs is 1. The number of hydrogen-bond acceptors (Lipinski definition) is 8. The monoisotopic (exact) mass is 362 g/mol. The van der Waals surface area contributed by atoms with Gasteiger partial charge in [0.05, 0.1) is 16.5 Å². The van der Waals surface area contributed by atoms with Gasteiger partial charge in [0.25, 0.3) is 5.69 Å². The summed E-state index contributed by atoms with van der Waals surface area (Å²) in [4.78, 5) is 49.3. The molecule has 3 aromatic rings. The number of hydrogen-bond donors (Lipinski definition) is 1. The Morgan fingerprint density at radius 1 is 1.44 bits per heavy atom. The summed E-state index contributed by atoms with van der Waals surface area (Å²) in [6, 6.07) is 3.67. The van der Waals surface area contributed by atoms with Crippen LogP contribution in [-0.4, -0.2) is 26.2 Å². The normalized spacial score (nSPS) is 10.8. The van der Waals surface area contributed by atoms with E-state index in [4.69, 9.17) is 4.42 Å². The van der Waals surface area contributed by atoms with E-state index in [0.717, 1.165) is 22.0 Å². The van der Waals surface area contributed by atoms with Gasteiger partial charge in [-0.15, -0.1) is 11.3 Å². The highest BCUT2D eigenvalue weighted by atomic mass is 32.1. The van der Waals surface area contributed by atoms with Crippen LogP contribution < -0.4 is 11.1 Å². The van der Waals surface area contributed by atoms with E-state index in [0.29, 0.717) is 0 Å². The molecule has 0 unspecified atom stereocenters. The van der Waals surface area contributed by atoms with Crippen LogP contribution in [0.25, 0.3) is 11.1 Å². The molecule has 1 amide bonds. The average molecular weight is 362 g/mol. The number of benzene rings is 1. The van der Waals surface area contributed by atoms with Crippen molar-refractivity contribution in [2.45, 2.75) is 13.5 Å². The van der Waals surface area contributed by atoms with E-state index in [1.54, 1.807) is 0 Å². The van der Waals surface area contributed by atoms with Gasteiger partial charge < -0.3 is 9.73 Å². The summed E-state index contributed by atoms with van der Waals surface area (Å²) in [5, 5.41) is 15.0. The molecule has 1 aromatic carbocycles. The summed E-state index contributed by atoms with van der Waals surface area (Å²) in [6.07, 6.45) is 0. The number of oxazole rings is 1. The Kier molecular flexibility index (Phi) is 4.15. The molecule has 11 heteroatoms. The second kappa shape index (κ2) is 6.28. The van der Waals surface area contributed by atoms with Crippen molar-refractivity contribution < 1.29 is 18.9 Å². The number of thiazole rings is 1. The highest BCUT2D eigenvalue weighted by Crippen LogP contribution is 2.20. The number of nitro groups is 1. The molecule has 2 heterocycles. The van der Waals surface area contributed by atoms with Crippen LogP contribution in [0.15, 0.2) is 32.8 Å². The summed E-state index contributed by atoms with van der Waals surface area (Å²) >= 11 is 1.08. The predicted octanol–water partition coefficient (Wildman–Crippen LogP) is 1.80. The molecule has 3 rings (SSSR count). The first kappa shape index (κ1) is 16.5. The van der Waals surface area contributed by atoms with E-state index < -0.39 is 16.6 Å². The van der Waals surface area contributed by atoms with E-state index in [2.05, 4.69) is 10.3 Å². The van der Waals surface area contributed by atoms with Gasteiger partial charge in [-0.1, -0.05) is 0 Å². The number of Topliss-reactive ketones (excluding diaryl/α,β-unsaturated/α-hetero) is 1. The number of carbonyl (C=O) groups is 2. The Bertz CT molecular complexity index is 1060. The van der Waals surface area contributed by atoms with Crippen molar-refractivity contribution in [1.29, 1.82) is 0 Å². The van der Waals surface area contributed by atoms with Crippen molar-refractivity contribution in [2.75, 3.05) is 5.32 Å². The number of ketones is 1. The van der Waals surface area contributed by atoms with Gasteiger partial charge in [-0.2, -0.15) is 0 Å². The van der Waals surface area contributed by atoms with Gasteiger partial charge in [0, 0.05) is 18.4 Å². The minimum absolute atomic E-state index is 0.0140. The van der Waals surface area contributed by atoms with Crippen molar-refractivity contribution in [3.05, 3.63) is 49.9 Å². The SMILES string of the molecule is CC(=O)c1csc(NC(=O)Cn2c(=O)oc3cc([N+](=O)[O-])ccc32)n1. The van der Waals surface area contributed by atoms with Gasteiger partial charge in [-0.05, 0) is 6.07 Å².